The van der Waals surface area contributed by atoms with Crippen molar-refractivity contribution in [3.63, 3.8) is 0 Å². The molecule has 0 bridgehead atoms. The van der Waals surface area contributed by atoms with E-state index in [1.165, 1.54) is 12.1 Å². The van der Waals surface area contributed by atoms with Gasteiger partial charge in [0.05, 0.1) is 5.56 Å². The number of para-hydroxylation sites is 1. The number of carbonyl (C=O) groups is 2. The van der Waals surface area contributed by atoms with Crippen LogP contribution in [0.2, 0.25) is 0 Å². The standard InChI is InChI=1S/C9H7F3N2O3/c10-9(11,12)17-6-4-2-1-3-5(6)7(15)14-8(13)16/h1-4H,(H3,13,14,15,16). The second kappa shape index (κ2) is 4.73. The van der Waals surface area contributed by atoms with Crippen LogP contribution in [0, 0.1) is 0 Å². The van der Waals surface area contributed by atoms with E-state index in [0.29, 0.717) is 0 Å². The minimum atomic E-state index is -4.93. The summed E-state index contributed by atoms with van der Waals surface area (Å²) in [5, 5.41) is 1.64. The number of urea groups is 1. The van der Waals surface area contributed by atoms with Crippen molar-refractivity contribution in [3.8, 4) is 5.75 Å². The van der Waals surface area contributed by atoms with Crippen molar-refractivity contribution in [1.82, 2.24) is 5.32 Å². The second-order valence-corrected chi connectivity index (χ2v) is 2.86. The normalized spacial score (nSPS) is 10.8. The lowest BCUT2D eigenvalue weighted by molar-refractivity contribution is -0.274. The molecule has 0 aliphatic carbocycles. The predicted molar refractivity (Wildman–Crippen MR) is 50.2 cm³/mol. The molecule has 0 aromatic heterocycles. The maximum Gasteiger partial charge on any atom is 0.573 e. The van der Waals surface area contributed by atoms with E-state index in [9.17, 15) is 22.8 Å². The van der Waals surface area contributed by atoms with Crippen LogP contribution < -0.4 is 15.8 Å². The van der Waals surface area contributed by atoms with Gasteiger partial charge in [-0.05, 0) is 12.1 Å². The summed E-state index contributed by atoms with van der Waals surface area (Å²) in [6.45, 7) is 0. The van der Waals surface area contributed by atoms with Crippen molar-refractivity contribution in [3.05, 3.63) is 29.8 Å². The summed E-state index contributed by atoms with van der Waals surface area (Å²) < 4.78 is 39.6. The summed E-state index contributed by atoms with van der Waals surface area (Å²) in [5.41, 5.74) is 4.23. The molecular formula is C9H7F3N2O3. The molecule has 3 N–H and O–H groups in total. The van der Waals surface area contributed by atoms with Crippen LogP contribution in [0.5, 0.6) is 5.75 Å². The molecule has 1 aromatic rings. The SMILES string of the molecule is NC(=O)NC(=O)c1ccccc1OC(F)(F)F. The third-order valence-electron chi connectivity index (χ3n) is 1.59. The van der Waals surface area contributed by atoms with Gasteiger partial charge in [0.15, 0.2) is 0 Å². The van der Waals surface area contributed by atoms with E-state index < -0.39 is 29.6 Å². The number of ether oxygens (including phenoxy) is 1. The van der Waals surface area contributed by atoms with Gasteiger partial charge in [0.25, 0.3) is 5.91 Å². The largest absolute Gasteiger partial charge is 0.573 e. The molecule has 92 valence electrons. The van der Waals surface area contributed by atoms with Crippen LogP contribution in [0.1, 0.15) is 10.4 Å². The number of hydrogen-bond acceptors (Lipinski definition) is 3. The molecule has 1 rings (SSSR count). The van der Waals surface area contributed by atoms with Gasteiger partial charge < -0.3 is 10.5 Å². The Morgan fingerprint density at radius 1 is 1.24 bits per heavy atom. The molecule has 17 heavy (non-hydrogen) atoms. The minimum Gasteiger partial charge on any atom is -0.405 e. The average Bonchev–Trinajstić information content (AvgIpc) is 2.14. The van der Waals surface area contributed by atoms with Crippen molar-refractivity contribution in [1.29, 1.82) is 0 Å². The number of primary amides is 1. The van der Waals surface area contributed by atoms with Gasteiger partial charge in [-0.15, -0.1) is 13.2 Å². The van der Waals surface area contributed by atoms with Crippen molar-refractivity contribution in [2.45, 2.75) is 6.36 Å². The van der Waals surface area contributed by atoms with Gasteiger partial charge >= 0.3 is 12.4 Å². The fourth-order valence-corrected chi connectivity index (χ4v) is 1.05. The molecule has 0 heterocycles. The number of rotatable bonds is 2. The first-order valence-electron chi connectivity index (χ1n) is 4.25. The summed E-state index contributed by atoms with van der Waals surface area (Å²) in [6, 6.07) is 3.42. The number of imide groups is 1. The van der Waals surface area contributed by atoms with Crippen LogP contribution >= 0.6 is 0 Å². The van der Waals surface area contributed by atoms with E-state index in [2.05, 4.69) is 10.5 Å². The molecular weight excluding hydrogens is 241 g/mol. The fraction of sp³-hybridized carbons (Fsp3) is 0.111. The van der Waals surface area contributed by atoms with E-state index in [-0.39, 0.29) is 0 Å². The quantitative estimate of drug-likeness (QED) is 0.829. The summed E-state index contributed by atoms with van der Waals surface area (Å²) in [6.07, 6.45) is -4.93. The Bertz CT molecular complexity index is 445. The Kier molecular flexibility index (Phi) is 3.56. The molecule has 5 nitrogen and oxygen atoms in total. The van der Waals surface area contributed by atoms with Gasteiger partial charge in [0.1, 0.15) is 5.75 Å². The number of hydrogen-bond donors (Lipinski definition) is 2. The Labute approximate surface area is 93.3 Å². The maximum atomic E-state index is 12.0. The first kappa shape index (κ1) is 12.8. The molecule has 0 fully saturated rings. The topological polar surface area (TPSA) is 81.4 Å². The van der Waals surface area contributed by atoms with Gasteiger partial charge in [0.2, 0.25) is 0 Å². The highest BCUT2D eigenvalue weighted by Crippen LogP contribution is 2.25. The molecule has 0 saturated carbocycles. The summed E-state index contributed by atoms with van der Waals surface area (Å²) >= 11 is 0. The Morgan fingerprint density at radius 3 is 2.35 bits per heavy atom. The second-order valence-electron chi connectivity index (χ2n) is 2.86. The highest BCUT2D eigenvalue weighted by molar-refractivity contribution is 6.05. The summed E-state index contributed by atoms with van der Waals surface area (Å²) in [4.78, 5) is 21.7. The van der Waals surface area contributed by atoms with E-state index in [1.807, 2.05) is 0 Å². The van der Waals surface area contributed by atoms with Crippen LogP contribution in [-0.4, -0.2) is 18.3 Å². The Balaban J connectivity index is 2.99. The zero-order valence-corrected chi connectivity index (χ0v) is 8.25. The van der Waals surface area contributed by atoms with Crippen LogP contribution in [0.15, 0.2) is 24.3 Å². The maximum absolute atomic E-state index is 12.0. The number of nitrogens with one attached hydrogen (secondary N) is 1. The fourth-order valence-electron chi connectivity index (χ4n) is 1.05. The van der Waals surface area contributed by atoms with Crippen LogP contribution in [0.25, 0.3) is 0 Å². The molecule has 0 aliphatic rings. The van der Waals surface area contributed by atoms with Crippen molar-refractivity contribution in [2.24, 2.45) is 5.73 Å². The molecule has 1 aromatic carbocycles. The van der Waals surface area contributed by atoms with E-state index in [1.54, 1.807) is 5.32 Å². The van der Waals surface area contributed by atoms with Gasteiger partial charge in [-0.3, -0.25) is 10.1 Å². The molecule has 8 heteroatoms. The smallest absolute Gasteiger partial charge is 0.405 e. The average molecular weight is 248 g/mol. The van der Waals surface area contributed by atoms with Gasteiger partial charge in [-0.25, -0.2) is 4.79 Å². The van der Waals surface area contributed by atoms with Gasteiger partial charge in [-0.2, -0.15) is 0 Å². The molecule has 0 unspecified atom stereocenters. The monoisotopic (exact) mass is 248 g/mol. The third-order valence-corrected chi connectivity index (χ3v) is 1.59. The molecule has 0 saturated heterocycles. The van der Waals surface area contributed by atoms with E-state index in [0.717, 1.165) is 12.1 Å². The van der Waals surface area contributed by atoms with Crippen LogP contribution in [-0.2, 0) is 0 Å². The molecule has 3 amide bonds. The number of amides is 3. The lowest BCUT2D eigenvalue weighted by atomic mass is 10.2. The molecule has 0 atom stereocenters. The first-order valence-corrected chi connectivity index (χ1v) is 4.25. The number of alkyl halides is 3. The third kappa shape index (κ3) is 4.01. The van der Waals surface area contributed by atoms with Crippen molar-refractivity contribution < 1.29 is 27.5 Å². The first-order chi connectivity index (χ1) is 7.79. The number of nitrogens with two attached hydrogens (primary N) is 1. The lowest BCUT2D eigenvalue weighted by Crippen LogP contribution is -2.35. The van der Waals surface area contributed by atoms with Crippen LogP contribution in [0.3, 0.4) is 0 Å². The Hall–Kier alpha value is -2.25. The molecule has 0 spiro atoms. The number of benzene rings is 1. The number of halogens is 3. The van der Waals surface area contributed by atoms with Crippen LogP contribution in [0.4, 0.5) is 18.0 Å². The van der Waals surface area contributed by atoms with E-state index >= 15 is 0 Å². The van der Waals surface area contributed by atoms with Gasteiger partial charge in [-0.1, -0.05) is 12.1 Å². The highest BCUT2D eigenvalue weighted by Gasteiger charge is 2.32. The summed E-state index contributed by atoms with van der Waals surface area (Å²) in [7, 11) is 0. The van der Waals surface area contributed by atoms with Crippen molar-refractivity contribution >= 4 is 11.9 Å². The van der Waals surface area contributed by atoms with E-state index in [4.69, 9.17) is 0 Å². The zero-order chi connectivity index (χ0) is 13.1. The zero-order valence-electron chi connectivity index (χ0n) is 8.25. The van der Waals surface area contributed by atoms with Crippen molar-refractivity contribution in [2.75, 3.05) is 0 Å². The lowest BCUT2D eigenvalue weighted by Gasteiger charge is -2.12. The predicted octanol–water partition coefficient (Wildman–Crippen LogP) is 1.39. The summed E-state index contributed by atoms with van der Waals surface area (Å²) in [5.74, 6) is -1.78. The van der Waals surface area contributed by atoms with Gasteiger partial charge in [0, 0.05) is 0 Å². The number of carbonyl (C=O) groups excluding carboxylic acids is 2. The molecule has 0 aliphatic heterocycles. The highest BCUT2D eigenvalue weighted by atomic mass is 19.4. The molecule has 0 radical (unpaired) electrons. The minimum absolute atomic E-state index is 0.441. The Morgan fingerprint density at radius 2 is 1.82 bits per heavy atom.